The van der Waals surface area contributed by atoms with Gasteiger partial charge in [0.2, 0.25) is 0 Å². The second kappa shape index (κ2) is 21.0. The third-order valence-corrected chi connectivity index (χ3v) is 10.0. The maximum atomic E-state index is 12.3. The second-order valence-electron chi connectivity index (χ2n) is 14.8. The van der Waals surface area contributed by atoms with Crippen LogP contribution in [0, 0.1) is 0 Å². The Balaban J connectivity index is 0.000000156. The van der Waals surface area contributed by atoms with Crippen LogP contribution in [-0.4, -0.2) is 73.2 Å². The average Bonchev–Trinajstić information content (AvgIpc) is 3.34. The van der Waals surface area contributed by atoms with Crippen molar-refractivity contribution < 1.29 is 50.2 Å². The summed E-state index contributed by atoms with van der Waals surface area (Å²) in [5, 5.41) is 2.85. The lowest BCUT2D eigenvalue weighted by Gasteiger charge is -2.11. The highest BCUT2D eigenvalue weighted by atomic mass is 35.5. The molecule has 0 aliphatic rings. The molecular weight excluding hydrogens is 944 g/mol. The van der Waals surface area contributed by atoms with Crippen molar-refractivity contribution in [3.05, 3.63) is 168 Å². The molecular formula is C49H34ClF6N9O5. The zero-order valence-electron chi connectivity index (χ0n) is 35.9. The summed E-state index contributed by atoms with van der Waals surface area (Å²) in [4.78, 5) is 59.2. The van der Waals surface area contributed by atoms with Crippen molar-refractivity contribution >= 4 is 62.0 Å². The summed E-state index contributed by atoms with van der Waals surface area (Å²) in [6, 6.07) is 29.3. The number of primary amides is 3. The molecule has 0 aliphatic carbocycles. The van der Waals surface area contributed by atoms with Gasteiger partial charge in [-0.1, -0.05) is 48.0 Å². The van der Waals surface area contributed by atoms with Crippen molar-refractivity contribution in [2.24, 2.45) is 17.2 Å². The van der Waals surface area contributed by atoms with Gasteiger partial charge in [0, 0.05) is 75.1 Å². The number of rotatable bonds is 10. The number of halogens is 7. The number of pyridine rings is 6. The van der Waals surface area contributed by atoms with E-state index in [0.717, 1.165) is 16.5 Å². The Morgan fingerprint density at radius 3 is 1.24 bits per heavy atom. The maximum absolute atomic E-state index is 12.3. The van der Waals surface area contributed by atoms with Gasteiger partial charge in [-0.25, -0.2) is 15.0 Å². The lowest BCUT2D eigenvalue weighted by atomic mass is 10.0. The molecule has 70 heavy (non-hydrogen) atoms. The number of alkyl halides is 6. The van der Waals surface area contributed by atoms with Crippen molar-refractivity contribution in [2.45, 2.75) is 12.4 Å². The minimum absolute atomic E-state index is 0.0675. The Hall–Kier alpha value is -8.78. The SMILES string of the molecule is NC(=O)c1ccc2cncc(-c3ccc(OCC(F)(F)F)cc3)c2n1.NC(=O)c1ccc2cncc(-c3cccc(Cl)c3)c2n1.NC(=O)c1ccc2cncc(-c3cccc(OCC(F)(F)F)c3)c2n1. The molecule has 6 aromatic heterocycles. The van der Waals surface area contributed by atoms with Crippen molar-refractivity contribution in [2.75, 3.05) is 13.2 Å². The smallest absolute Gasteiger partial charge is 0.422 e. The van der Waals surface area contributed by atoms with E-state index in [4.69, 9.17) is 33.5 Å². The summed E-state index contributed by atoms with van der Waals surface area (Å²) in [6.45, 7) is -2.74. The average molecular weight is 978 g/mol. The highest BCUT2D eigenvalue weighted by Gasteiger charge is 2.29. The quantitative estimate of drug-likeness (QED) is 0.109. The fourth-order valence-corrected chi connectivity index (χ4v) is 6.84. The molecule has 0 radical (unpaired) electrons. The fraction of sp³-hybridized carbons (Fsp3) is 0.0816. The molecule has 0 spiro atoms. The van der Waals surface area contributed by atoms with Crippen LogP contribution in [0.1, 0.15) is 31.5 Å². The molecule has 14 nitrogen and oxygen atoms in total. The monoisotopic (exact) mass is 977 g/mol. The number of nitrogens with two attached hydrogens (primary N) is 3. The Morgan fingerprint density at radius 2 is 0.843 bits per heavy atom. The highest BCUT2D eigenvalue weighted by Crippen LogP contribution is 2.32. The molecule has 6 N–H and O–H groups in total. The summed E-state index contributed by atoms with van der Waals surface area (Å²) in [7, 11) is 0. The van der Waals surface area contributed by atoms with Gasteiger partial charge in [0.25, 0.3) is 17.7 Å². The van der Waals surface area contributed by atoms with Gasteiger partial charge in [0.15, 0.2) is 13.2 Å². The van der Waals surface area contributed by atoms with Crippen molar-refractivity contribution in [1.82, 2.24) is 29.9 Å². The molecule has 9 aromatic rings. The van der Waals surface area contributed by atoms with E-state index in [1.54, 1.807) is 85.6 Å². The lowest BCUT2D eigenvalue weighted by Crippen LogP contribution is -2.19. The molecule has 21 heteroatoms. The first kappa shape index (κ1) is 49.1. The first-order chi connectivity index (χ1) is 33.3. The van der Waals surface area contributed by atoms with E-state index in [2.05, 4.69) is 34.6 Å². The number of aromatic nitrogens is 6. The number of nitrogens with zero attached hydrogens (tertiary/aromatic N) is 6. The van der Waals surface area contributed by atoms with Crippen LogP contribution in [0.15, 0.2) is 146 Å². The van der Waals surface area contributed by atoms with Gasteiger partial charge in [0.1, 0.15) is 28.6 Å². The van der Waals surface area contributed by atoms with Crippen LogP contribution in [0.25, 0.3) is 66.1 Å². The van der Waals surface area contributed by atoms with Gasteiger partial charge in [-0.3, -0.25) is 29.3 Å². The van der Waals surface area contributed by atoms with Gasteiger partial charge in [-0.15, -0.1) is 0 Å². The van der Waals surface area contributed by atoms with Crippen molar-refractivity contribution in [3.8, 4) is 44.9 Å². The van der Waals surface area contributed by atoms with E-state index in [1.165, 1.54) is 42.6 Å². The fourth-order valence-electron chi connectivity index (χ4n) is 6.65. The molecule has 0 aliphatic heterocycles. The normalized spacial score (nSPS) is 11.2. The molecule has 0 saturated carbocycles. The number of ether oxygens (including phenoxy) is 2. The summed E-state index contributed by atoms with van der Waals surface area (Å²) >= 11 is 6.01. The Kier molecular flexibility index (Phi) is 14.8. The topological polar surface area (TPSA) is 225 Å². The van der Waals surface area contributed by atoms with E-state index >= 15 is 0 Å². The van der Waals surface area contributed by atoms with E-state index in [1.807, 2.05) is 18.2 Å². The number of hydrogen-bond donors (Lipinski definition) is 3. The van der Waals surface area contributed by atoms with Gasteiger partial charge < -0.3 is 26.7 Å². The Morgan fingerprint density at radius 1 is 0.457 bits per heavy atom. The first-order valence-electron chi connectivity index (χ1n) is 20.3. The number of benzene rings is 3. The molecule has 6 heterocycles. The zero-order chi connectivity index (χ0) is 50.2. The molecule has 0 atom stereocenters. The number of amides is 3. The van der Waals surface area contributed by atoms with E-state index in [0.29, 0.717) is 54.6 Å². The van der Waals surface area contributed by atoms with Crippen LogP contribution in [0.2, 0.25) is 5.02 Å². The Bertz CT molecular complexity index is 3400. The van der Waals surface area contributed by atoms with Crippen LogP contribution in [0.4, 0.5) is 26.3 Å². The Labute approximate surface area is 397 Å². The standard InChI is InChI=1S/2C17H12F3N3O2.C15H10ClN3O/c18-17(19,20)9-25-12-4-1-10(2-5-12)13-8-22-7-11-3-6-14(16(21)24)23-15(11)13;18-17(19,20)9-25-12-3-1-2-10(6-12)13-8-22-7-11-4-5-14(16(21)24)23-15(11)13;16-11-3-1-2-9(6-11)12-8-18-7-10-4-5-13(15(17)20)19-14(10)12/h2*1-8H,9H2,(H2,21,24);1-8H,(H2,17,20). The molecule has 3 aromatic carbocycles. The largest absolute Gasteiger partial charge is 0.484 e. The number of carbonyl (C=O) groups is 3. The molecule has 0 unspecified atom stereocenters. The molecule has 354 valence electrons. The van der Waals surface area contributed by atoms with E-state index < -0.39 is 43.3 Å². The van der Waals surface area contributed by atoms with Gasteiger partial charge in [0.05, 0.1) is 16.6 Å². The van der Waals surface area contributed by atoms with Crippen molar-refractivity contribution in [1.29, 1.82) is 0 Å². The predicted octanol–water partition coefficient (Wildman–Crippen LogP) is 9.72. The maximum Gasteiger partial charge on any atom is 0.422 e. The van der Waals surface area contributed by atoms with Crippen LogP contribution >= 0.6 is 11.6 Å². The van der Waals surface area contributed by atoms with Crippen LogP contribution in [0.5, 0.6) is 11.5 Å². The van der Waals surface area contributed by atoms with Crippen molar-refractivity contribution in [3.63, 3.8) is 0 Å². The predicted molar refractivity (Wildman–Crippen MR) is 249 cm³/mol. The van der Waals surface area contributed by atoms with Gasteiger partial charge in [-0.2, -0.15) is 26.3 Å². The summed E-state index contributed by atoms with van der Waals surface area (Å²) in [5.41, 5.74) is 22.0. The number of fused-ring (bicyclic) bond motifs is 3. The summed E-state index contributed by atoms with van der Waals surface area (Å²) in [6.07, 6.45) is 0.821. The summed E-state index contributed by atoms with van der Waals surface area (Å²) in [5.74, 6) is -1.72. The first-order valence-corrected chi connectivity index (χ1v) is 20.7. The minimum atomic E-state index is -4.42. The molecule has 3 amide bonds. The highest BCUT2D eigenvalue weighted by molar-refractivity contribution is 6.31. The molecule has 0 saturated heterocycles. The lowest BCUT2D eigenvalue weighted by molar-refractivity contribution is -0.154. The summed E-state index contributed by atoms with van der Waals surface area (Å²) < 4.78 is 82.9. The molecule has 9 rings (SSSR count). The third kappa shape index (κ3) is 12.6. The zero-order valence-corrected chi connectivity index (χ0v) is 36.6. The van der Waals surface area contributed by atoms with Gasteiger partial charge in [-0.05, 0) is 89.5 Å². The third-order valence-electron chi connectivity index (χ3n) is 9.80. The number of carbonyl (C=O) groups excluding carboxylic acids is 3. The molecule has 0 bridgehead atoms. The second-order valence-corrected chi connectivity index (χ2v) is 15.3. The van der Waals surface area contributed by atoms with E-state index in [-0.39, 0.29) is 28.6 Å². The van der Waals surface area contributed by atoms with Gasteiger partial charge >= 0.3 is 12.4 Å². The van der Waals surface area contributed by atoms with Crippen LogP contribution in [0.3, 0.4) is 0 Å². The minimum Gasteiger partial charge on any atom is -0.484 e. The van der Waals surface area contributed by atoms with Crippen LogP contribution in [-0.2, 0) is 0 Å². The molecule has 0 fully saturated rings. The van der Waals surface area contributed by atoms with E-state index in [9.17, 15) is 40.7 Å². The van der Waals surface area contributed by atoms with Crippen LogP contribution < -0.4 is 26.7 Å². The number of hydrogen-bond acceptors (Lipinski definition) is 11.